The van der Waals surface area contributed by atoms with Crippen molar-refractivity contribution in [1.82, 2.24) is 5.32 Å². The minimum absolute atomic E-state index is 0.841. The van der Waals surface area contributed by atoms with E-state index >= 15 is 0 Å². The monoisotopic (exact) mass is 245 g/mol. The molecule has 0 atom stereocenters. The van der Waals surface area contributed by atoms with Crippen molar-refractivity contribution in [2.45, 2.75) is 25.3 Å². The summed E-state index contributed by atoms with van der Waals surface area (Å²) >= 11 is 5.30. The molecule has 1 N–H and O–H groups in total. The number of nitrogens with one attached hydrogen (secondary N) is 1. The lowest BCUT2D eigenvalue weighted by molar-refractivity contribution is 0.685. The molecule has 12 heavy (non-hydrogen) atoms. The van der Waals surface area contributed by atoms with Crippen LogP contribution in [0.5, 0.6) is 0 Å². The summed E-state index contributed by atoms with van der Waals surface area (Å²) in [7, 11) is 0. The average molecular weight is 246 g/mol. The van der Waals surface area contributed by atoms with Crippen LogP contribution in [-0.2, 0) is 6.42 Å². The van der Waals surface area contributed by atoms with Crippen LogP contribution in [0.2, 0.25) is 0 Å². The van der Waals surface area contributed by atoms with Crippen LogP contribution in [-0.4, -0.2) is 12.6 Å². The van der Waals surface area contributed by atoms with Crippen molar-refractivity contribution in [2.24, 2.45) is 0 Å². The molecule has 0 spiro atoms. The molecule has 66 valence electrons. The molecule has 0 amide bonds. The lowest BCUT2D eigenvalue weighted by Crippen LogP contribution is -2.18. The molecular weight excluding hydrogens is 234 g/mol. The first-order valence-corrected chi connectivity index (χ1v) is 5.93. The Bertz CT molecular complexity index is 255. The fourth-order valence-electron chi connectivity index (χ4n) is 1.17. The molecule has 0 bridgehead atoms. The van der Waals surface area contributed by atoms with Crippen LogP contribution in [0.1, 0.15) is 17.7 Å². The average Bonchev–Trinajstić information content (AvgIpc) is 2.76. The van der Waals surface area contributed by atoms with Crippen molar-refractivity contribution in [3.8, 4) is 0 Å². The van der Waals surface area contributed by atoms with E-state index in [1.54, 1.807) is 0 Å². The van der Waals surface area contributed by atoms with E-state index in [9.17, 15) is 0 Å². The van der Waals surface area contributed by atoms with E-state index in [0.717, 1.165) is 12.6 Å². The van der Waals surface area contributed by atoms with Gasteiger partial charge in [0.05, 0.1) is 3.79 Å². The predicted octanol–water partition coefficient (Wildman–Crippen LogP) is 2.81. The fraction of sp³-hybridized carbons (Fsp3) is 0.556. The smallest absolute Gasteiger partial charge is 0.0701 e. The zero-order valence-corrected chi connectivity index (χ0v) is 9.25. The minimum Gasteiger partial charge on any atom is -0.314 e. The lowest BCUT2D eigenvalue weighted by atomic mass is 10.3. The van der Waals surface area contributed by atoms with E-state index in [0.29, 0.717) is 0 Å². The number of halogens is 1. The Morgan fingerprint density at radius 1 is 1.50 bits per heavy atom. The van der Waals surface area contributed by atoms with Gasteiger partial charge in [0, 0.05) is 17.5 Å². The lowest BCUT2D eigenvalue weighted by Gasteiger charge is -1.98. The molecule has 1 nitrogen and oxygen atoms in total. The van der Waals surface area contributed by atoms with Gasteiger partial charge in [0.1, 0.15) is 0 Å². The van der Waals surface area contributed by atoms with Gasteiger partial charge in [-0.2, -0.15) is 0 Å². The Balaban J connectivity index is 1.71. The highest BCUT2D eigenvalue weighted by Crippen LogP contribution is 2.23. The fourth-order valence-corrected chi connectivity index (χ4v) is 2.66. The molecule has 0 unspecified atom stereocenters. The first-order valence-electron chi connectivity index (χ1n) is 4.32. The van der Waals surface area contributed by atoms with Gasteiger partial charge in [0.2, 0.25) is 0 Å². The summed E-state index contributed by atoms with van der Waals surface area (Å²) < 4.78 is 1.24. The Morgan fingerprint density at radius 3 is 2.92 bits per heavy atom. The SMILES string of the molecule is Brc1ccc(CCNC2CC2)s1. The van der Waals surface area contributed by atoms with E-state index in [1.807, 2.05) is 11.3 Å². The molecule has 3 heteroatoms. The zero-order chi connectivity index (χ0) is 8.39. The molecule has 0 aromatic carbocycles. The van der Waals surface area contributed by atoms with Crippen LogP contribution in [0, 0.1) is 0 Å². The summed E-state index contributed by atoms with van der Waals surface area (Å²) in [6.45, 7) is 1.14. The van der Waals surface area contributed by atoms with Crippen LogP contribution in [0.3, 0.4) is 0 Å². The first-order chi connectivity index (χ1) is 5.84. The third kappa shape index (κ3) is 2.57. The van der Waals surface area contributed by atoms with Crippen molar-refractivity contribution >= 4 is 27.3 Å². The van der Waals surface area contributed by atoms with Crippen LogP contribution in [0.4, 0.5) is 0 Å². The maximum Gasteiger partial charge on any atom is 0.0701 e. The van der Waals surface area contributed by atoms with E-state index in [4.69, 9.17) is 0 Å². The van der Waals surface area contributed by atoms with Gasteiger partial charge >= 0.3 is 0 Å². The van der Waals surface area contributed by atoms with Crippen molar-refractivity contribution < 1.29 is 0 Å². The second-order valence-electron chi connectivity index (χ2n) is 3.18. The standard InChI is InChI=1S/C9H12BrNS/c10-9-4-3-8(12-9)5-6-11-7-1-2-7/h3-4,7,11H,1-2,5-6H2. The molecule has 2 rings (SSSR count). The third-order valence-electron chi connectivity index (χ3n) is 2.01. The van der Waals surface area contributed by atoms with Crippen molar-refractivity contribution in [1.29, 1.82) is 0 Å². The predicted molar refractivity (Wildman–Crippen MR) is 56.7 cm³/mol. The largest absolute Gasteiger partial charge is 0.314 e. The highest BCUT2D eigenvalue weighted by atomic mass is 79.9. The van der Waals surface area contributed by atoms with Gasteiger partial charge in [-0.1, -0.05) is 0 Å². The van der Waals surface area contributed by atoms with Gasteiger partial charge in [0.25, 0.3) is 0 Å². The number of hydrogen-bond acceptors (Lipinski definition) is 2. The van der Waals surface area contributed by atoms with Crippen molar-refractivity contribution in [3.05, 3.63) is 20.8 Å². The Kier molecular flexibility index (Phi) is 2.84. The molecule has 0 aliphatic heterocycles. The maximum atomic E-state index is 3.51. The molecule has 0 radical (unpaired) electrons. The van der Waals surface area contributed by atoms with Gasteiger partial charge in [-0.25, -0.2) is 0 Å². The van der Waals surface area contributed by atoms with Gasteiger partial charge in [-0.15, -0.1) is 11.3 Å². The Hall–Kier alpha value is 0.140. The highest BCUT2D eigenvalue weighted by molar-refractivity contribution is 9.11. The summed E-state index contributed by atoms with van der Waals surface area (Å²) in [4.78, 5) is 1.47. The van der Waals surface area contributed by atoms with Crippen LogP contribution in [0.25, 0.3) is 0 Å². The van der Waals surface area contributed by atoms with Gasteiger partial charge in [-0.3, -0.25) is 0 Å². The summed E-state index contributed by atoms with van der Waals surface area (Å²) in [6.07, 6.45) is 3.94. The maximum absolute atomic E-state index is 3.51. The van der Waals surface area contributed by atoms with E-state index < -0.39 is 0 Å². The van der Waals surface area contributed by atoms with E-state index in [2.05, 4.69) is 33.4 Å². The summed E-state index contributed by atoms with van der Waals surface area (Å²) in [5.74, 6) is 0. The highest BCUT2D eigenvalue weighted by Gasteiger charge is 2.19. The summed E-state index contributed by atoms with van der Waals surface area (Å²) in [5, 5.41) is 3.51. The minimum atomic E-state index is 0.841. The number of hydrogen-bond donors (Lipinski definition) is 1. The normalized spacial score (nSPS) is 16.8. The van der Waals surface area contributed by atoms with Gasteiger partial charge < -0.3 is 5.32 Å². The summed E-state index contributed by atoms with van der Waals surface area (Å²) in [5.41, 5.74) is 0. The van der Waals surface area contributed by atoms with Crippen LogP contribution < -0.4 is 5.32 Å². The molecule has 1 aliphatic rings. The molecule has 1 aromatic heterocycles. The molecule has 1 aliphatic carbocycles. The van der Waals surface area contributed by atoms with E-state index in [1.165, 1.54) is 27.9 Å². The molecular formula is C9H12BrNS. The molecule has 1 saturated carbocycles. The molecule has 1 fully saturated rings. The Labute approximate surface area is 85.3 Å². The summed E-state index contributed by atoms with van der Waals surface area (Å²) in [6, 6.07) is 5.16. The van der Waals surface area contributed by atoms with Crippen LogP contribution in [0.15, 0.2) is 15.9 Å². The third-order valence-corrected chi connectivity index (χ3v) is 3.69. The van der Waals surface area contributed by atoms with Crippen molar-refractivity contribution in [2.75, 3.05) is 6.54 Å². The zero-order valence-electron chi connectivity index (χ0n) is 6.85. The molecule has 1 aromatic rings. The molecule has 1 heterocycles. The van der Waals surface area contributed by atoms with Gasteiger partial charge in [-0.05, 0) is 47.3 Å². The quantitative estimate of drug-likeness (QED) is 0.861. The second kappa shape index (κ2) is 3.90. The Morgan fingerprint density at radius 2 is 2.33 bits per heavy atom. The second-order valence-corrected chi connectivity index (χ2v) is 5.73. The van der Waals surface area contributed by atoms with E-state index in [-0.39, 0.29) is 0 Å². The molecule has 0 saturated heterocycles. The topological polar surface area (TPSA) is 12.0 Å². The number of thiophene rings is 1. The van der Waals surface area contributed by atoms with Gasteiger partial charge in [0.15, 0.2) is 0 Å². The number of rotatable bonds is 4. The van der Waals surface area contributed by atoms with Crippen molar-refractivity contribution in [3.63, 3.8) is 0 Å². The van der Waals surface area contributed by atoms with Crippen LogP contribution >= 0.6 is 27.3 Å². The first kappa shape index (κ1) is 8.73.